The Morgan fingerprint density at radius 1 is 1.03 bits per heavy atom. The molecule has 0 saturated carbocycles. The van der Waals surface area contributed by atoms with Gasteiger partial charge in [-0.05, 0) is 59.5 Å². The highest BCUT2D eigenvalue weighted by Crippen LogP contribution is 2.29. The van der Waals surface area contributed by atoms with Gasteiger partial charge in [0.1, 0.15) is 6.04 Å². The van der Waals surface area contributed by atoms with E-state index in [0.29, 0.717) is 17.9 Å². The number of hydrogen-bond donors (Lipinski definition) is 1. The zero-order valence-electron chi connectivity index (χ0n) is 20.0. The SMILES string of the molecule is CCN1CCN([C@H](c2cc3cc(C)cc(C)c3[nH]c2=O)c2nnnn2Cc2ccccc2)CC1. The smallest absolute Gasteiger partial charge is 0.253 e. The van der Waals surface area contributed by atoms with Gasteiger partial charge in [-0.2, -0.15) is 0 Å². The molecule has 0 bridgehead atoms. The average Bonchev–Trinajstić information content (AvgIpc) is 3.29. The van der Waals surface area contributed by atoms with Gasteiger partial charge in [0.2, 0.25) is 0 Å². The summed E-state index contributed by atoms with van der Waals surface area (Å²) in [4.78, 5) is 21.4. The summed E-state index contributed by atoms with van der Waals surface area (Å²) in [6, 6.07) is 16.1. The Hall–Kier alpha value is -3.36. The Kier molecular flexibility index (Phi) is 6.26. The molecule has 1 saturated heterocycles. The molecule has 176 valence electrons. The van der Waals surface area contributed by atoms with E-state index in [2.05, 4.69) is 68.4 Å². The molecule has 1 atom stereocenters. The first-order valence-electron chi connectivity index (χ1n) is 11.9. The molecule has 0 spiro atoms. The van der Waals surface area contributed by atoms with Crippen molar-refractivity contribution < 1.29 is 0 Å². The van der Waals surface area contributed by atoms with Crippen molar-refractivity contribution in [3.8, 4) is 0 Å². The summed E-state index contributed by atoms with van der Waals surface area (Å²) >= 11 is 0. The minimum absolute atomic E-state index is 0.0864. The lowest BCUT2D eigenvalue weighted by Crippen LogP contribution is -2.49. The van der Waals surface area contributed by atoms with E-state index < -0.39 is 0 Å². The molecule has 1 aliphatic heterocycles. The third kappa shape index (κ3) is 4.38. The molecule has 5 rings (SSSR count). The third-order valence-electron chi connectivity index (χ3n) is 6.82. The van der Waals surface area contributed by atoms with Crippen LogP contribution in [0.2, 0.25) is 0 Å². The van der Waals surface area contributed by atoms with Crippen LogP contribution in [0.3, 0.4) is 0 Å². The zero-order chi connectivity index (χ0) is 23.7. The van der Waals surface area contributed by atoms with Crippen LogP contribution in [0.15, 0.2) is 53.3 Å². The van der Waals surface area contributed by atoms with Gasteiger partial charge in [-0.25, -0.2) is 4.68 Å². The summed E-state index contributed by atoms with van der Waals surface area (Å²) in [6.07, 6.45) is 0. The van der Waals surface area contributed by atoms with Crippen LogP contribution in [0.4, 0.5) is 0 Å². The number of aryl methyl sites for hydroxylation is 2. The fourth-order valence-corrected chi connectivity index (χ4v) is 5.02. The number of tetrazole rings is 1. The fourth-order valence-electron chi connectivity index (χ4n) is 5.02. The van der Waals surface area contributed by atoms with Crippen LogP contribution in [0.25, 0.3) is 10.9 Å². The van der Waals surface area contributed by atoms with E-state index >= 15 is 0 Å². The lowest BCUT2D eigenvalue weighted by Gasteiger charge is -2.38. The van der Waals surface area contributed by atoms with Crippen LogP contribution in [-0.2, 0) is 6.54 Å². The van der Waals surface area contributed by atoms with Crippen LogP contribution >= 0.6 is 0 Å². The molecule has 2 aromatic heterocycles. The van der Waals surface area contributed by atoms with E-state index in [4.69, 9.17) is 0 Å². The second kappa shape index (κ2) is 9.48. The molecule has 0 amide bonds. The topological polar surface area (TPSA) is 82.9 Å². The molecule has 1 fully saturated rings. The standard InChI is InChI=1S/C26H31N7O/c1-4-31-10-12-32(13-11-31)24(25-28-29-30-33(25)17-20-8-6-5-7-9-20)22-16-21-15-18(2)14-19(3)23(21)27-26(22)34/h5-9,14-16,24H,4,10-13,17H2,1-3H3,(H,27,34)/t24-/m1/s1. The highest BCUT2D eigenvalue weighted by Gasteiger charge is 2.32. The lowest BCUT2D eigenvalue weighted by atomic mass is 10.00. The Balaban J connectivity index is 1.62. The monoisotopic (exact) mass is 457 g/mol. The molecule has 3 heterocycles. The third-order valence-corrected chi connectivity index (χ3v) is 6.82. The van der Waals surface area contributed by atoms with E-state index in [0.717, 1.165) is 54.8 Å². The summed E-state index contributed by atoms with van der Waals surface area (Å²) in [5, 5.41) is 13.8. The average molecular weight is 458 g/mol. The molecule has 0 aliphatic carbocycles. The van der Waals surface area contributed by atoms with Crippen LogP contribution in [-0.4, -0.2) is 67.7 Å². The summed E-state index contributed by atoms with van der Waals surface area (Å²) in [6.45, 7) is 11.5. The van der Waals surface area contributed by atoms with Gasteiger partial charge in [-0.3, -0.25) is 9.69 Å². The summed E-state index contributed by atoms with van der Waals surface area (Å²) < 4.78 is 1.83. The van der Waals surface area contributed by atoms with Crippen molar-refractivity contribution in [3.63, 3.8) is 0 Å². The molecule has 1 N–H and O–H groups in total. The zero-order valence-corrected chi connectivity index (χ0v) is 20.0. The Morgan fingerprint density at radius 2 is 1.79 bits per heavy atom. The van der Waals surface area contributed by atoms with Crippen molar-refractivity contribution >= 4 is 10.9 Å². The van der Waals surface area contributed by atoms with E-state index in [1.165, 1.54) is 5.56 Å². The second-order valence-corrected chi connectivity index (χ2v) is 9.15. The summed E-state index contributed by atoms with van der Waals surface area (Å²) in [5.74, 6) is 0.697. The van der Waals surface area contributed by atoms with Gasteiger partial charge < -0.3 is 9.88 Å². The van der Waals surface area contributed by atoms with Crippen molar-refractivity contribution in [2.24, 2.45) is 0 Å². The van der Waals surface area contributed by atoms with Gasteiger partial charge >= 0.3 is 0 Å². The second-order valence-electron chi connectivity index (χ2n) is 9.15. The molecule has 8 heteroatoms. The quantitative estimate of drug-likeness (QED) is 0.479. The summed E-state index contributed by atoms with van der Waals surface area (Å²) in [5.41, 5.74) is 4.84. The molecule has 8 nitrogen and oxygen atoms in total. The molecular weight excluding hydrogens is 426 g/mol. The molecule has 0 radical (unpaired) electrons. The van der Waals surface area contributed by atoms with Crippen LogP contribution in [0.1, 0.15) is 41.0 Å². The molecule has 1 aliphatic rings. The number of aromatic amines is 1. The van der Waals surface area contributed by atoms with Crippen LogP contribution in [0.5, 0.6) is 0 Å². The van der Waals surface area contributed by atoms with Crippen molar-refractivity contribution in [2.45, 2.75) is 33.4 Å². The lowest BCUT2D eigenvalue weighted by molar-refractivity contribution is 0.108. The van der Waals surface area contributed by atoms with Gasteiger partial charge in [0.25, 0.3) is 5.56 Å². The largest absolute Gasteiger partial charge is 0.321 e. The summed E-state index contributed by atoms with van der Waals surface area (Å²) in [7, 11) is 0. The molecule has 34 heavy (non-hydrogen) atoms. The number of nitrogens with zero attached hydrogens (tertiary/aromatic N) is 6. The van der Waals surface area contributed by atoms with Crippen molar-refractivity contribution in [2.75, 3.05) is 32.7 Å². The maximum Gasteiger partial charge on any atom is 0.253 e. The number of benzene rings is 2. The van der Waals surface area contributed by atoms with Crippen molar-refractivity contribution in [3.05, 3.63) is 87.0 Å². The van der Waals surface area contributed by atoms with E-state index in [1.807, 2.05) is 35.9 Å². The number of aromatic nitrogens is 5. The fraction of sp³-hybridized carbons (Fsp3) is 0.385. The maximum absolute atomic E-state index is 13.5. The molecule has 2 aromatic carbocycles. The Morgan fingerprint density at radius 3 is 2.53 bits per heavy atom. The number of fused-ring (bicyclic) bond motifs is 1. The number of piperazine rings is 1. The first-order valence-corrected chi connectivity index (χ1v) is 11.9. The molecule has 0 unspecified atom stereocenters. The minimum Gasteiger partial charge on any atom is -0.321 e. The van der Waals surface area contributed by atoms with E-state index in [9.17, 15) is 4.79 Å². The highest BCUT2D eigenvalue weighted by molar-refractivity contribution is 5.83. The van der Waals surface area contributed by atoms with E-state index in [1.54, 1.807) is 0 Å². The van der Waals surface area contributed by atoms with Crippen LogP contribution in [0, 0.1) is 13.8 Å². The van der Waals surface area contributed by atoms with Gasteiger partial charge in [0, 0.05) is 31.7 Å². The first-order chi connectivity index (χ1) is 16.5. The van der Waals surface area contributed by atoms with Gasteiger partial charge in [0.15, 0.2) is 5.82 Å². The van der Waals surface area contributed by atoms with Gasteiger partial charge in [0.05, 0.1) is 12.1 Å². The minimum atomic E-state index is -0.327. The number of pyridine rings is 1. The predicted molar refractivity (Wildman–Crippen MR) is 133 cm³/mol. The molecular formula is C26H31N7O. The highest BCUT2D eigenvalue weighted by atomic mass is 16.1. The van der Waals surface area contributed by atoms with Crippen molar-refractivity contribution in [1.82, 2.24) is 35.0 Å². The van der Waals surface area contributed by atoms with Crippen LogP contribution < -0.4 is 5.56 Å². The normalized spacial score (nSPS) is 16.2. The number of rotatable bonds is 6. The predicted octanol–water partition coefficient (Wildman–Crippen LogP) is 2.91. The Bertz CT molecular complexity index is 1340. The maximum atomic E-state index is 13.5. The number of likely N-dealkylation sites (N-methyl/N-ethyl adjacent to an activating group) is 1. The molecule has 4 aromatic rings. The van der Waals surface area contributed by atoms with E-state index in [-0.39, 0.29) is 11.6 Å². The number of H-pyrrole nitrogens is 1. The van der Waals surface area contributed by atoms with Gasteiger partial charge in [-0.1, -0.05) is 48.9 Å². The van der Waals surface area contributed by atoms with Gasteiger partial charge in [-0.15, -0.1) is 5.10 Å². The number of nitrogens with one attached hydrogen (secondary N) is 1. The first kappa shape index (κ1) is 22.4. The number of hydrogen-bond acceptors (Lipinski definition) is 6. The van der Waals surface area contributed by atoms with Crippen molar-refractivity contribution in [1.29, 1.82) is 0 Å². The Labute approximate surface area is 199 Å².